The van der Waals surface area contributed by atoms with Crippen LogP contribution in [0, 0.1) is 0 Å². The third-order valence-electron chi connectivity index (χ3n) is 7.00. The number of unbranched alkanes of at least 4 members (excludes halogenated alkanes) is 14. The van der Waals surface area contributed by atoms with Gasteiger partial charge in [-0.05, 0) is 37.0 Å². The first-order valence-corrected chi connectivity index (χ1v) is 16.4. The monoisotopic (exact) mass is 550 g/mol. The molecule has 0 aliphatic heterocycles. The molecule has 5 nitrogen and oxygen atoms in total. The second kappa shape index (κ2) is 29.8. The molecule has 0 aromatic heterocycles. The molecule has 0 fully saturated rings. The third kappa shape index (κ3) is 25.6. The van der Waals surface area contributed by atoms with Crippen LogP contribution in [0.1, 0.15) is 122 Å². The first kappa shape index (κ1) is 35.9. The molecule has 0 unspecified atom stereocenters. The van der Waals surface area contributed by atoms with E-state index in [0.29, 0.717) is 52.9 Å². The van der Waals surface area contributed by atoms with Crippen LogP contribution in [0.25, 0.3) is 0 Å². The Balaban J connectivity index is 1.75. The minimum atomic E-state index is 0.555. The van der Waals surface area contributed by atoms with Crippen LogP contribution in [-0.2, 0) is 25.4 Å². The summed E-state index contributed by atoms with van der Waals surface area (Å²) in [6.45, 7) is 10.1. The molecule has 0 aliphatic carbocycles. The van der Waals surface area contributed by atoms with Crippen LogP contribution in [0.4, 0.5) is 0 Å². The van der Waals surface area contributed by atoms with E-state index < -0.39 is 0 Å². The van der Waals surface area contributed by atoms with Crippen LogP contribution in [-0.4, -0.2) is 59.5 Å². The van der Waals surface area contributed by atoms with Crippen molar-refractivity contribution in [1.82, 2.24) is 0 Å². The van der Waals surface area contributed by atoms with Crippen molar-refractivity contribution in [2.75, 3.05) is 59.5 Å². The standard InChI is InChI=1S/C34H62O5/c1-3-5-7-9-11-12-13-14-16-18-24-35-25-26-36-27-28-37-29-30-38-31-32-39-34-22-20-33(21-23-34)19-17-15-10-8-6-4-2/h20-23H,3-19,24-32H2,1-2H3. The Labute approximate surface area is 241 Å². The van der Waals surface area contributed by atoms with Crippen LogP contribution in [0.5, 0.6) is 5.75 Å². The average Bonchev–Trinajstić information content (AvgIpc) is 2.96. The molecule has 5 heteroatoms. The van der Waals surface area contributed by atoms with E-state index in [0.717, 1.165) is 25.2 Å². The van der Waals surface area contributed by atoms with Gasteiger partial charge in [0.05, 0.1) is 46.2 Å². The Morgan fingerprint density at radius 3 is 1.26 bits per heavy atom. The van der Waals surface area contributed by atoms with Crippen LogP contribution >= 0.6 is 0 Å². The predicted octanol–water partition coefficient (Wildman–Crippen LogP) is 8.96. The second-order valence-electron chi connectivity index (χ2n) is 10.6. The summed E-state index contributed by atoms with van der Waals surface area (Å²) in [4.78, 5) is 0. The van der Waals surface area contributed by atoms with Gasteiger partial charge in [-0.1, -0.05) is 116 Å². The zero-order chi connectivity index (χ0) is 27.9. The van der Waals surface area contributed by atoms with Crippen molar-refractivity contribution in [2.24, 2.45) is 0 Å². The Morgan fingerprint density at radius 1 is 0.385 bits per heavy atom. The summed E-state index contributed by atoms with van der Waals surface area (Å²) >= 11 is 0. The van der Waals surface area contributed by atoms with Gasteiger partial charge in [0, 0.05) is 6.61 Å². The predicted molar refractivity (Wildman–Crippen MR) is 164 cm³/mol. The van der Waals surface area contributed by atoms with Crippen LogP contribution in [0.2, 0.25) is 0 Å². The van der Waals surface area contributed by atoms with E-state index >= 15 is 0 Å². The fraction of sp³-hybridized carbons (Fsp3) is 0.824. The number of hydrogen-bond donors (Lipinski definition) is 0. The molecule has 0 saturated heterocycles. The van der Waals surface area contributed by atoms with Crippen molar-refractivity contribution in [1.29, 1.82) is 0 Å². The van der Waals surface area contributed by atoms with Crippen LogP contribution in [0.15, 0.2) is 24.3 Å². The Bertz CT molecular complexity index is 592. The van der Waals surface area contributed by atoms with Gasteiger partial charge >= 0.3 is 0 Å². The molecular formula is C34H62O5. The van der Waals surface area contributed by atoms with E-state index in [1.165, 1.54) is 102 Å². The second-order valence-corrected chi connectivity index (χ2v) is 10.6. The topological polar surface area (TPSA) is 46.2 Å². The van der Waals surface area contributed by atoms with E-state index in [4.69, 9.17) is 23.7 Å². The van der Waals surface area contributed by atoms with Gasteiger partial charge in [0.25, 0.3) is 0 Å². The molecule has 0 N–H and O–H groups in total. The van der Waals surface area contributed by atoms with Gasteiger partial charge in [0.15, 0.2) is 0 Å². The fourth-order valence-electron chi connectivity index (χ4n) is 4.53. The number of rotatable bonds is 31. The molecule has 0 aliphatic rings. The summed E-state index contributed by atoms with van der Waals surface area (Å²) in [5.74, 6) is 0.908. The maximum absolute atomic E-state index is 5.78. The molecule has 0 spiro atoms. The largest absolute Gasteiger partial charge is 0.491 e. The van der Waals surface area contributed by atoms with Crippen molar-refractivity contribution in [3.05, 3.63) is 29.8 Å². The van der Waals surface area contributed by atoms with Gasteiger partial charge in [-0.2, -0.15) is 0 Å². The normalized spacial score (nSPS) is 11.3. The highest BCUT2D eigenvalue weighted by Gasteiger charge is 1.98. The number of hydrogen-bond acceptors (Lipinski definition) is 5. The van der Waals surface area contributed by atoms with E-state index in [1.807, 2.05) is 0 Å². The summed E-state index contributed by atoms with van der Waals surface area (Å²) in [5, 5.41) is 0. The first-order valence-electron chi connectivity index (χ1n) is 16.4. The number of benzene rings is 1. The quantitative estimate of drug-likeness (QED) is 0.0863. The summed E-state index contributed by atoms with van der Waals surface area (Å²) < 4.78 is 28.2. The van der Waals surface area contributed by atoms with Crippen LogP contribution in [0.3, 0.4) is 0 Å². The van der Waals surface area contributed by atoms with Crippen LogP contribution < -0.4 is 4.74 Å². The Hall–Kier alpha value is -1.14. The summed E-state index contributed by atoms with van der Waals surface area (Å²) in [7, 11) is 0. The van der Waals surface area contributed by atoms with E-state index in [-0.39, 0.29) is 0 Å². The molecule has 1 aromatic rings. The van der Waals surface area contributed by atoms with Crippen molar-refractivity contribution < 1.29 is 23.7 Å². The smallest absolute Gasteiger partial charge is 0.119 e. The minimum absolute atomic E-state index is 0.555. The minimum Gasteiger partial charge on any atom is -0.491 e. The van der Waals surface area contributed by atoms with Gasteiger partial charge in [0.1, 0.15) is 12.4 Å². The molecule has 0 saturated carbocycles. The highest BCUT2D eigenvalue weighted by atomic mass is 16.6. The third-order valence-corrected chi connectivity index (χ3v) is 7.00. The lowest BCUT2D eigenvalue weighted by atomic mass is 10.0. The van der Waals surface area contributed by atoms with E-state index in [9.17, 15) is 0 Å². The molecule has 1 aromatic carbocycles. The molecular weight excluding hydrogens is 488 g/mol. The molecule has 0 amide bonds. The van der Waals surface area contributed by atoms with Gasteiger partial charge in [-0.25, -0.2) is 0 Å². The van der Waals surface area contributed by atoms with Crippen molar-refractivity contribution >= 4 is 0 Å². The van der Waals surface area contributed by atoms with Crippen molar-refractivity contribution in [2.45, 2.75) is 123 Å². The zero-order valence-electron chi connectivity index (χ0n) is 25.7. The first-order chi connectivity index (χ1) is 19.4. The zero-order valence-corrected chi connectivity index (χ0v) is 25.7. The Kier molecular flexibility index (Phi) is 27.5. The van der Waals surface area contributed by atoms with Crippen molar-refractivity contribution in [3.8, 4) is 5.75 Å². The highest BCUT2D eigenvalue weighted by Crippen LogP contribution is 2.15. The lowest BCUT2D eigenvalue weighted by molar-refractivity contribution is -0.00487. The molecule has 0 heterocycles. The SMILES string of the molecule is CCCCCCCCCCCCOCCOCCOCCOCCOc1ccc(CCCCCCCC)cc1. The molecule has 0 radical (unpaired) electrons. The molecule has 0 atom stereocenters. The van der Waals surface area contributed by atoms with Gasteiger partial charge in [-0.15, -0.1) is 0 Å². The molecule has 228 valence electrons. The Morgan fingerprint density at radius 2 is 0.769 bits per heavy atom. The van der Waals surface area contributed by atoms with E-state index in [1.54, 1.807) is 0 Å². The maximum atomic E-state index is 5.78. The fourth-order valence-corrected chi connectivity index (χ4v) is 4.53. The van der Waals surface area contributed by atoms with E-state index in [2.05, 4.69) is 38.1 Å². The summed E-state index contributed by atoms with van der Waals surface area (Å²) in [6, 6.07) is 8.50. The average molecular weight is 551 g/mol. The maximum Gasteiger partial charge on any atom is 0.119 e. The lowest BCUT2D eigenvalue weighted by Gasteiger charge is -2.09. The summed E-state index contributed by atoms with van der Waals surface area (Å²) in [5.41, 5.74) is 1.40. The number of aryl methyl sites for hydroxylation is 1. The number of ether oxygens (including phenoxy) is 5. The highest BCUT2D eigenvalue weighted by molar-refractivity contribution is 5.27. The van der Waals surface area contributed by atoms with Gasteiger partial charge in [0.2, 0.25) is 0 Å². The van der Waals surface area contributed by atoms with Crippen molar-refractivity contribution in [3.63, 3.8) is 0 Å². The lowest BCUT2D eigenvalue weighted by Crippen LogP contribution is -2.13. The van der Waals surface area contributed by atoms with Gasteiger partial charge in [-0.3, -0.25) is 0 Å². The van der Waals surface area contributed by atoms with Gasteiger partial charge < -0.3 is 23.7 Å². The molecule has 0 bridgehead atoms. The molecule has 39 heavy (non-hydrogen) atoms. The molecule has 1 rings (SSSR count). The summed E-state index contributed by atoms with van der Waals surface area (Å²) in [6.07, 6.45) is 22.7.